The summed E-state index contributed by atoms with van der Waals surface area (Å²) in [5.41, 5.74) is 0.357. The topological polar surface area (TPSA) is 25.8 Å². The van der Waals surface area contributed by atoms with Crippen molar-refractivity contribution in [2.45, 2.75) is 24.5 Å². The maximum atomic E-state index is 12.1. The molecule has 0 atom stereocenters. The highest BCUT2D eigenvalue weighted by Crippen LogP contribution is 2.26. The van der Waals surface area contributed by atoms with E-state index in [0.717, 1.165) is 24.2 Å². The minimum atomic E-state index is -4.61. The second kappa shape index (κ2) is 5.77. The van der Waals surface area contributed by atoms with Crippen molar-refractivity contribution < 1.29 is 26.3 Å². The Kier molecular flexibility index (Phi) is 4.83. The summed E-state index contributed by atoms with van der Waals surface area (Å²) in [4.78, 5) is 6.21. The van der Waals surface area contributed by atoms with E-state index in [9.17, 15) is 26.3 Å². The number of rotatable bonds is 4. The SMILES string of the molecule is FC(F)(F)CCSCc1cnc(C(F)(F)F)nc1. The van der Waals surface area contributed by atoms with E-state index in [2.05, 4.69) is 9.97 Å². The van der Waals surface area contributed by atoms with Gasteiger partial charge in [0.05, 0.1) is 6.42 Å². The van der Waals surface area contributed by atoms with Crippen LogP contribution in [0.1, 0.15) is 17.8 Å². The molecule has 9 heteroatoms. The van der Waals surface area contributed by atoms with Gasteiger partial charge in [-0.15, -0.1) is 0 Å². The average Bonchev–Trinajstić information content (AvgIpc) is 2.22. The molecule has 1 aromatic rings. The molecular weight excluding hydrogens is 282 g/mol. The van der Waals surface area contributed by atoms with Crippen molar-refractivity contribution in [3.8, 4) is 0 Å². The molecule has 0 N–H and O–H groups in total. The van der Waals surface area contributed by atoms with Crippen LogP contribution in [0.15, 0.2) is 12.4 Å². The van der Waals surface area contributed by atoms with Crippen LogP contribution < -0.4 is 0 Å². The van der Waals surface area contributed by atoms with Crippen molar-refractivity contribution in [3.05, 3.63) is 23.8 Å². The largest absolute Gasteiger partial charge is 0.451 e. The Bertz CT molecular complexity index is 372. The molecule has 18 heavy (non-hydrogen) atoms. The van der Waals surface area contributed by atoms with Gasteiger partial charge in [0.15, 0.2) is 0 Å². The van der Waals surface area contributed by atoms with Gasteiger partial charge in [-0.05, 0) is 5.56 Å². The minimum Gasteiger partial charge on any atom is -0.233 e. The number of alkyl halides is 6. The van der Waals surface area contributed by atoms with Crippen LogP contribution in [0.4, 0.5) is 26.3 Å². The van der Waals surface area contributed by atoms with E-state index in [0.29, 0.717) is 5.56 Å². The van der Waals surface area contributed by atoms with Crippen molar-refractivity contribution in [2.75, 3.05) is 5.75 Å². The van der Waals surface area contributed by atoms with E-state index in [1.54, 1.807) is 0 Å². The fourth-order valence-electron chi connectivity index (χ4n) is 0.954. The van der Waals surface area contributed by atoms with E-state index in [4.69, 9.17) is 0 Å². The van der Waals surface area contributed by atoms with Crippen LogP contribution in [0.5, 0.6) is 0 Å². The molecule has 1 aromatic heterocycles. The van der Waals surface area contributed by atoms with Crippen molar-refractivity contribution in [3.63, 3.8) is 0 Å². The van der Waals surface area contributed by atoms with Gasteiger partial charge in [0.2, 0.25) is 5.82 Å². The molecule has 102 valence electrons. The first-order valence-corrected chi connectivity index (χ1v) is 5.86. The molecule has 0 aliphatic rings. The van der Waals surface area contributed by atoms with Gasteiger partial charge in [0, 0.05) is 23.9 Å². The lowest BCUT2D eigenvalue weighted by Gasteiger charge is -2.06. The molecule has 2 nitrogen and oxygen atoms in total. The van der Waals surface area contributed by atoms with Crippen molar-refractivity contribution in [2.24, 2.45) is 0 Å². The van der Waals surface area contributed by atoms with Crippen molar-refractivity contribution >= 4 is 11.8 Å². The number of halogens is 6. The monoisotopic (exact) mass is 290 g/mol. The van der Waals surface area contributed by atoms with Crippen LogP contribution in [0.3, 0.4) is 0 Å². The normalized spacial score (nSPS) is 12.8. The molecule has 0 aliphatic carbocycles. The third-order valence-electron chi connectivity index (χ3n) is 1.76. The minimum absolute atomic E-state index is 0.147. The summed E-state index contributed by atoms with van der Waals surface area (Å²) in [6, 6.07) is 0. The van der Waals surface area contributed by atoms with Crippen LogP contribution in [0, 0.1) is 0 Å². The van der Waals surface area contributed by atoms with Crippen molar-refractivity contribution in [1.82, 2.24) is 9.97 Å². The second-order valence-corrected chi connectivity index (χ2v) is 4.44. The summed E-state index contributed by atoms with van der Waals surface area (Å²) in [5.74, 6) is -1.26. The molecule has 0 bridgehead atoms. The highest BCUT2D eigenvalue weighted by molar-refractivity contribution is 7.98. The molecule has 1 heterocycles. The summed E-state index contributed by atoms with van der Waals surface area (Å²) in [6.07, 6.45) is -7.82. The lowest BCUT2D eigenvalue weighted by atomic mass is 10.4. The summed E-state index contributed by atoms with van der Waals surface area (Å²) in [7, 11) is 0. The lowest BCUT2D eigenvalue weighted by Crippen LogP contribution is -2.11. The lowest BCUT2D eigenvalue weighted by molar-refractivity contribution is -0.145. The fourth-order valence-corrected chi connectivity index (χ4v) is 1.86. The van der Waals surface area contributed by atoms with Gasteiger partial charge >= 0.3 is 12.4 Å². The predicted octanol–water partition coefficient (Wildman–Crippen LogP) is 3.68. The highest BCUT2D eigenvalue weighted by atomic mass is 32.2. The first kappa shape index (κ1) is 15.1. The molecule has 0 spiro atoms. The molecule has 0 fully saturated rings. The zero-order valence-corrected chi connectivity index (χ0v) is 9.66. The number of aromatic nitrogens is 2. The van der Waals surface area contributed by atoms with Gasteiger partial charge < -0.3 is 0 Å². The molecule has 0 aliphatic heterocycles. The van der Waals surface area contributed by atoms with Gasteiger partial charge in [0.25, 0.3) is 0 Å². The number of hydrogen-bond acceptors (Lipinski definition) is 3. The maximum Gasteiger partial charge on any atom is 0.451 e. The second-order valence-electron chi connectivity index (χ2n) is 3.33. The van der Waals surface area contributed by atoms with Gasteiger partial charge in [-0.2, -0.15) is 38.1 Å². The Morgan fingerprint density at radius 1 is 1.00 bits per heavy atom. The molecule has 0 aromatic carbocycles. The van der Waals surface area contributed by atoms with Crippen LogP contribution >= 0.6 is 11.8 Å². The summed E-state index contributed by atoms with van der Waals surface area (Å²) < 4.78 is 71.7. The Hall–Kier alpha value is -0.990. The van der Waals surface area contributed by atoms with E-state index < -0.39 is 24.6 Å². The van der Waals surface area contributed by atoms with Crippen LogP contribution in [0.25, 0.3) is 0 Å². The van der Waals surface area contributed by atoms with E-state index in [1.807, 2.05) is 0 Å². The zero-order chi connectivity index (χ0) is 13.8. The zero-order valence-electron chi connectivity index (χ0n) is 8.85. The van der Waals surface area contributed by atoms with Crippen molar-refractivity contribution in [1.29, 1.82) is 0 Å². The highest BCUT2D eigenvalue weighted by Gasteiger charge is 2.34. The van der Waals surface area contributed by atoms with Crippen LogP contribution in [-0.2, 0) is 11.9 Å². The predicted molar refractivity (Wildman–Crippen MR) is 53.9 cm³/mol. The van der Waals surface area contributed by atoms with Gasteiger partial charge in [-0.1, -0.05) is 0 Å². The van der Waals surface area contributed by atoms with Crippen LogP contribution in [-0.4, -0.2) is 21.9 Å². The van der Waals surface area contributed by atoms with E-state index in [1.165, 1.54) is 0 Å². The molecule has 0 saturated carbocycles. The fraction of sp³-hybridized carbons (Fsp3) is 0.556. The Balaban J connectivity index is 2.41. The average molecular weight is 290 g/mol. The first-order chi connectivity index (χ1) is 8.18. The Morgan fingerprint density at radius 3 is 2.00 bits per heavy atom. The number of nitrogens with zero attached hydrogens (tertiary/aromatic N) is 2. The van der Waals surface area contributed by atoms with Gasteiger partial charge in [-0.3, -0.25) is 0 Å². The first-order valence-electron chi connectivity index (χ1n) is 4.71. The number of hydrogen-bond donors (Lipinski definition) is 0. The molecule has 1 rings (SSSR count). The third kappa shape index (κ3) is 5.56. The standard InChI is InChI=1S/C9H8F6N2S/c10-8(11,12)1-2-18-5-6-3-16-7(17-4-6)9(13,14)15/h3-4H,1-2,5H2. The molecule has 0 unspecified atom stereocenters. The van der Waals surface area contributed by atoms with Gasteiger partial charge in [-0.25, -0.2) is 9.97 Å². The molecule has 0 radical (unpaired) electrons. The smallest absolute Gasteiger partial charge is 0.233 e. The Labute approximate surface area is 103 Å². The summed E-state index contributed by atoms with van der Waals surface area (Å²) in [5, 5.41) is 0. The van der Waals surface area contributed by atoms with Gasteiger partial charge in [0.1, 0.15) is 0 Å². The molecular formula is C9H8F6N2S. The van der Waals surface area contributed by atoms with E-state index in [-0.39, 0.29) is 11.5 Å². The van der Waals surface area contributed by atoms with E-state index >= 15 is 0 Å². The molecule has 0 amide bonds. The number of thioether (sulfide) groups is 1. The van der Waals surface area contributed by atoms with Crippen LogP contribution in [0.2, 0.25) is 0 Å². The third-order valence-corrected chi connectivity index (χ3v) is 2.79. The molecule has 0 saturated heterocycles. The summed E-state index contributed by atoms with van der Waals surface area (Å²) >= 11 is 0.965. The summed E-state index contributed by atoms with van der Waals surface area (Å²) in [6.45, 7) is 0. The quantitative estimate of drug-likeness (QED) is 0.625. The maximum absolute atomic E-state index is 12.1. The Morgan fingerprint density at radius 2 is 1.56 bits per heavy atom.